The molecule has 16 heavy (non-hydrogen) atoms. The zero-order valence-corrected chi connectivity index (χ0v) is 10.6. The van der Waals surface area contributed by atoms with Gasteiger partial charge >= 0.3 is 0 Å². The first-order valence-electron chi connectivity index (χ1n) is 5.76. The summed E-state index contributed by atoms with van der Waals surface area (Å²) in [4.78, 5) is 2.43. The highest BCUT2D eigenvalue weighted by Crippen LogP contribution is 2.15. The Kier molecular flexibility index (Phi) is 3.85. The van der Waals surface area contributed by atoms with E-state index in [1.54, 1.807) is 0 Å². The highest BCUT2D eigenvalue weighted by molar-refractivity contribution is 6.30. The lowest BCUT2D eigenvalue weighted by molar-refractivity contribution is -0.0704. The van der Waals surface area contributed by atoms with E-state index in [-0.39, 0.29) is 0 Å². The van der Waals surface area contributed by atoms with E-state index < -0.39 is 0 Å². The van der Waals surface area contributed by atoms with Crippen molar-refractivity contribution in [1.82, 2.24) is 4.90 Å². The molecule has 1 aliphatic rings. The summed E-state index contributed by atoms with van der Waals surface area (Å²) < 4.78 is 5.71. The average molecular weight is 240 g/mol. The third-order valence-corrected chi connectivity index (χ3v) is 3.07. The van der Waals surface area contributed by atoms with Crippen LogP contribution in [-0.2, 0) is 11.3 Å². The molecule has 2 rings (SSSR count). The number of nitrogens with zero attached hydrogens (tertiary/aromatic N) is 1. The summed E-state index contributed by atoms with van der Waals surface area (Å²) in [6.07, 6.45) is 0.659. The number of benzene rings is 1. The van der Waals surface area contributed by atoms with Crippen molar-refractivity contribution >= 4 is 11.6 Å². The lowest BCUT2D eigenvalue weighted by atomic mass is 10.1. The van der Waals surface area contributed by atoms with Crippen molar-refractivity contribution in [3.63, 3.8) is 0 Å². The predicted octanol–water partition coefficient (Wildman–Crippen LogP) is 2.95. The second kappa shape index (κ2) is 5.17. The van der Waals surface area contributed by atoms with Crippen LogP contribution in [0.5, 0.6) is 0 Å². The molecular formula is C13H18ClNO. The third kappa shape index (κ3) is 3.21. The summed E-state index contributed by atoms with van der Waals surface area (Å²) in [6.45, 7) is 7.25. The molecule has 1 aromatic carbocycles. The van der Waals surface area contributed by atoms with Gasteiger partial charge in [0.05, 0.1) is 12.2 Å². The minimum atomic E-state index is 0.330. The molecule has 0 saturated carbocycles. The van der Waals surface area contributed by atoms with Gasteiger partial charge in [-0.2, -0.15) is 0 Å². The van der Waals surface area contributed by atoms with E-state index in [0.717, 1.165) is 24.7 Å². The summed E-state index contributed by atoms with van der Waals surface area (Å²) in [6, 6.07) is 8.08. The largest absolute Gasteiger partial charge is 0.373 e. The van der Waals surface area contributed by atoms with E-state index in [2.05, 4.69) is 30.9 Å². The molecule has 1 aliphatic heterocycles. The first kappa shape index (κ1) is 11.9. The second-order valence-electron chi connectivity index (χ2n) is 4.58. The summed E-state index contributed by atoms with van der Waals surface area (Å²) in [5.74, 6) is 0. The normalized spacial score (nSPS) is 26.9. The number of rotatable bonds is 2. The van der Waals surface area contributed by atoms with Gasteiger partial charge in [0.25, 0.3) is 0 Å². The van der Waals surface area contributed by atoms with Crippen LogP contribution in [0.4, 0.5) is 0 Å². The number of hydrogen-bond donors (Lipinski definition) is 0. The number of halogens is 1. The van der Waals surface area contributed by atoms with Crippen LogP contribution in [0.1, 0.15) is 19.4 Å². The van der Waals surface area contributed by atoms with Gasteiger partial charge in [-0.3, -0.25) is 4.90 Å². The Hall–Kier alpha value is -0.570. The Morgan fingerprint density at radius 1 is 1.19 bits per heavy atom. The van der Waals surface area contributed by atoms with Gasteiger partial charge in [-0.25, -0.2) is 0 Å². The molecule has 0 N–H and O–H groups in total. The minimum absolute atomic E-state index is 0.330. The maximum absolute atomic E-state index is 5.87. The van der Waals surface area contributed by atoms with Crippen LogP contribution >= 0.6 is 11.6 Å². The van der Waals surface area contributed by atoms with E-state index in [4.69, 9.17) is 16.3 Å². The molecule has 0 amide bonds. The fourth-order valence-electron chi connectivity index (χ4n) is 2.26. The summed E-state index contributed by atoms with van der Waals surface area (Å²) in [5.41, 5.74) is 1.31. The molecular weight excluding hydrogens is 222 g/mol. The van der Waals surface area contributed by atoms with Crippen LogP contribution in [0.2, 0.25) is 5.02 Å². The maximum Gasteiger partial charge on any atom is 0.0678 e. The second-order valence-corrected chi connectivity index (χ2v) is 5.01. The fraction of sp³-hybridized carbons (Fsp3) is 0.538. The standard InChI is InChI=1S/C13H18ClNO/c1-10-7-15(8-11(2)16-10)9-12-3-5-13(14)6-4-12/h3-6,10-11H,7-9H2,1-2H3/t10-,11-/m0/s1. The van der Waals surface area contributed by atoms with Crippen molar-refractivity contribution in [1.29, 1.82) is 0 Å². The van der Waals surface area contributed by atoms with Crippen LogP contribution in [0.15, 0.2) is 24.3 Å². The fourth-order valence-corrected chi connectivity index (χ4v) is 2.39. The molecule has 1 saturated heterocycles. The summed E-state index contributed by atoms with van der Waals surface area (Å²) in [5, 5.41) is 0.799. The number of morpholine rings is 1. The monoisotopic (exact) mass is 239 g/mol. The van der Waals surface area contributed by atoms with Gasteiger partial charge in [-0.15, -0.1) is 0 Å². The Labute approximate surface area is 102 Å². The van der Waals surface area contributed by atoms with E-state index in [9.17, 15) is 0 Å². The van der Waals surface area contributed by atoms with Crippen LogP contribution in [-0.4, -0.2) is 30.2 Å². The SMILES string of the molecule is C[C@H]1CN(Cc2ccc(Cl)cc2)C[C@H](C)O1. The Balaban J connectivity index is 1.96. The van der Waals surface area contributed by atoms with Crippen LogP contribution in [0.25, 0.3) is 0 Å². The van der Waals surface area contributed by atoms with Gasteiger partial charge < -0.3 is 4.74 Å². The summed E-state index contributed by atoms with van der Waals surface area (Å²) in [7, 11) is 0. The van der Waals surface area contributed by atoms with Crippen LogP contribution in [0.3, 0.4) is 0 Å². The molecule has 1 fully saturated rings. The van der Waals surface area contributed by atoms with Gasteiger partial charge in [0, 0.05) is 24.7 Å². The van der Waals surface area contributed by atoms with Gasteiger partial charge in [0.2, 0.25) is 0 Å². The van der Waals surface area contributed by atoms with Gasteiger partial charge in [-0.05, 0) is 31.5 Å². The smallest absolute Gasteiger partial charge is 0.0678 e. The first-order valence-corrected chi connectivity index (χ1v) is 6.13. The highest BCUT2D eigenvalue weighted by Gasteiger charge is 2.21. The minimum Gasteiger partial charge on any atom is -0.373 e. The average Bonchev–Trinajstić information content (AvgIpc) is 2.20. The van der Waals surface area contributed by atoms with Gasteiger partial charge in [0.1, 0.15) is 0 Å². The van der Waals surface area contributed by atoms with E-state index in [0.29, 0.717) is 12.2 Å². The topological polar surface area (TPSA) is 12.5 Å². The van der Waals surface area contributed by atoms with E-state index in [1.165, 1.54) is 5.56 Å². The van der Waals surface area contributed by atoms with Crippen LogP contribution in [0, 0.1) is 0 Å². The molecule has 0 aromatic heterocycles. The van der Waals surface area contributed by atoms with Crippen LogP contribution < -0.4 is 0 Å². The Morgan fingerprint density at radius 2 is 1.75 bits per heavy atom. The predicted molar refractivity (Wildman–Crippen MR) is 66.7 cm³/mol. The molecule has 0 unspecified atom stereocenters. The summed E-state index contributed by atoms with van der Waals surface area (Å²) >= 11 is 5.87. The zero-order valence-electron chi connectivity index (χ0n) is 9.82. The highest BCUT2D eigenvalue weighted by atomic mass is 35.5. The van der Waals surface area contributed by atoms with Crippen molar-refractivity contribution in [3.05, 3.63) is 34.9 Å². The molecule has 0 radical (unpaired) electrons. The lowest BCUT2D eigenvalue weighted by Crippen LogP contribution is -2.44. The number of hydrogen-bond acceptors (Lipinski definition) is 2. The molecule has 88 valence electrons. The van der Waals surface area contributed by atoms with Gasteiger partial charge in [0.15, 0.2) is 0 Å². The van der Waals surface area contributed by atoms with Crippen molar-refractivity contribution in [2.75, 3.05) is 13.1 Å². The molecule has 0 aliphatic carbocycles. The van der Waals surface area contributed by atoms with E-state index >= 15 is 0 Å². The molecule has 1 heterocycles. The third-order valence-electron chi connectivity index (χ3n) is 2.81. The molecule has 0 bridgehead atoms. The zero-order chi connectivity index (χ0) is 11.5. The molecule has 3 heteroatoms. The maximum atomic E-state index is 5.87. The van der Waals surface area contributed by atoms with E-state index in [1.807, 2.05) is 12.1 Å². The molecule has 2 atom stereocenters. The number of ether oxygens (including phenoxy) is 1. The Morgan fingerprint density at radius 3 is 2.31 bits per heavy atom. The Bertz CT molecular complexity index is 328. The van der Waals surface area contributed by atoms with Gasteiger partial charge in [-0.1, -0.05) is 23.7 Å². The first-order chi connectivity index (χ1) is 7.63. The molecule has 1 aromatic rings. The molecule has 2 nitrogen and oxygen atoms in total. The quantitative estimate of drug-likeness (QED) is 0.787. The van der Waals surface area contributed by atoms with Crippen molar-refractivity contribution in [2.45, 2.75) is 32.6 Å². The van der Waals surface area contributed by atoms with Crippen molar-refractivity contribution in [3.8, 4) is 0 Å². The lowest BCUT2D eigenvalue weighted by Gasteiger charge is -2.35. The van der Waals surface area contributed by atoms with Crippen molar-refractivity contribution < 1.29 is 4.74 Å². The molecule has 0 spiro atoms. The van der Waals surface area contributed by atoms with Crippen molar-refractivity contribution in [2.24, 2.45) is 0 Å².